The fourth-order valence-electron chi connectivity index (χ4n) is 4.63. The number of nitrogens with one attached hydrogen (secondary N) is 1. The lowest BCUT2D eigenvalue weighted by atomic mass is 9.89. The summed E-state index contributed by atoms with van der Waals surface area (Å²) in [7, 11) is 0. The van der Waals surface area contributed by atoms with Crippen LogP contribution in [0.2, 0.25) is 0 Å². The Balaban J connectivity index is 1.56. The molecule has 0 radical (unpaired) electrons. The first-order valence-electron chi connectivity index (χ1n) is 11.4. The van der Waals surface area contributed by atoms with Crippen molar-refractivity contribution in [2.24, 2.45) is 11.8 Å². The van der Waals surface area contributed by atoms with Crippen molar-refractivity contribution in [3.63, 3.8) is 0 Å². The molecule has 0 bridgehead atoms. The number of amides is 2. The van der Waals surface area contributed by atoms with Crippen LogP contribution in [0.5, 0.6) is 0 Å². The zero-order valence-corrected chi connectivity index (χ0v) is 18.1. The standard InChI is InChI=1S/C24H37N3O2/c1-19(2)22(25-23(28)21-12-7-4-8-13-21)24(29)27-15-9-14-26(16-17-27)18-20-10-5-3-6-11-20/h4,7-8,12-13,19-20,22H,3,5-6,9-11,14-18H2,1-2H3,(H,25,28). The summed E-state index contributed by atoms with van der Waals surface area (Å²) < 4.78 is 0. The highest BCUT2D eigenvalue weighted by Crippen LogP contribution is 2.25. The van der Waals surface area contributed by atoms with Crippen molar-refractivity contribution in [1.82, 2.24) is 15.1 Å². The lowest BCUT2D eigenvalue weighted by molar-refractivity contribution is -0.134. The van der Waals surface area contributed by atoms with E-state index in [1.807, 2.05) is 36.9 Å². The van der Waals surface area contributed by atoms with Gasteiger partial charge in [0.1, 0.15) is 6.04 Å². The largest absolute Gasteiger partial charge is 0.340 e. The van der Waals surface area contributed by atoms with Gasteiger partial charge in [-0.1, -0.05) is 51.3 Å². The highest BCUT2D eigenvalue weighted by atomic mass is 16.2. The van der Waals surface area contributed by atoms with Gasteiger partial charge in [-0.25, -0.2) is 0 Å². The molecule has 0 aromatic heterocycles. The molecule has 5 heteroatoms. The Morgan fingerprint density at radius 2 is 1.69 bits per heavy atom. The van der Waals surface area contributed by atoms with Gasteiger partial charge in [-0.05, 0) is 49.8 Å². The molecule has 1 aromatic rings. The summed E-state index contributed by atoms with van der Waals surface area (Å²) in [5.41, 5.74) is 0.598. The minimum Gasteiger partial charge on any atom is -0.340 e. The van der Waals surface area contributed by atoms with Gasteiger partial charge < -0.3 is 15.1 Å². The van der Waals surface area contributed by atoms with Gasteiger partial charge in [-0.15, -0.1) is 0 Å². The van der Waals surface area contributed by atoms with E-state index in [2.05, 4.69) is 10.2 Å². The van der Waals surface area contributed by atoms with Crippen molar-refractivity contribution in [1.29, 1.82) is 0 Å². The van der Waals surface area contributed by atoms with E-state index in [-0.39, 0.29) is 17.7 Å². The van der Waals surface area contributed by atoms with E-state index < -0.39 is 6.04 Å². The Hall–Kier alpha value is -1.88. The van der Waals surface area contributed by atoms with E-state index in [1.165, 1.54) is 38.6 Å². The maximum Gasteiger partial charge on any atom is 0.251 e. The predicted molar refractivity (Wildman–Crippen MR) is 117 cm³/mol. The summed E-state index contributed by atoms with van der Waals surface area (Å²) in [4.78, 5) is 30.4. The number of rotatable bonds is 6. The Morgan fingerprint density at radius 3 is 2.38 bits per heavy atom. The maximum atomic E-state index is 13.2. The first-order valence-corrected chi connectivity index (χ1v) is 11.4. The third-order valence-electron chi connectivity index (χ3n) is 6.40. The van der Waals surface area contributed by atoms with Crippen molar-refractivity contribution in [2.75, 3.05) is 32.7 Å². The first-order chi connectivity index (χ1) is 14.0. The molecule has 1 saturated heterocycles. The second-order valence-electron chi connectivity index (χ2n) is 9.04. The zero-order chi connectivity index (χ0) is 20.6. The Kier molecular flexibility index (Phi) is 8.10. The zero-order valence-electron chi connectivity index (χ0n) is 18.1. The highest BCUT2D eigenvalue weighted by Gasteiger charge is 2.30. The molecule has 1 aromatic carbocycles. The van der Waals surface area contributed by atoms with Gasteiger partial charge in [0.15, 0.2) is 0 Å². The van der Waals surface area contributed by atoms with Crippen molar-refractivity contribution < 1.29 is 9.59 Å². The van der Waals surface area contributed by atoms with Crippen LogP contribution in [0.3, 0.4) is 0 Å². The quantitative estimate of drug-likeness (QED) is 0.796. The number of nitrogens with zero attached hydrogens (tertiary/aromatic N) is 2. The number of carbonyl (C=O) groups excluding carboxylic acids is 2. The normalized spacial score (nSPS) is 20.3. The van der Waals surface area contributed by atoms with Crippen LogP contribution in [0.4, 0.5) is 0 Å². The molecule has 1 saturated carbocycles. The van der Waals surface area contributed by atoms with Gasteiger partial charge in [-0.2, -0.15) is 0 Å². The van der Waals surface area contributed by atoms with E-state index in [0.717, 1.165) is 38.5 Å². The summed E-state index contributed by atoms with van der Waals surface area (Å²) in [5.74, 6) is 0.770. The van der Waals surface area contributed by atoms with Gasteiger partial charge in [0.05, 0.1) is 0 Å². The molecule has 2 amide bonds. The Bertz CT molecular complexity index is 655. The molecule has 1 aliphatic heterocycles. The van der Waals surface area contributed by atoms with E-state index in [9.17, 15) is 9.59 Å². The predicted octanol–water partition coefficient (Wildman–Crippen LogP) is 3.56. The number of carbonyl (C=O) groups is 2. The summed E-state index contributed by atoms with van der Waals surface area (Å²) in [6, 6.07) is 8.66. The smallest absolute Gasteiger partial charge is 0.251 e. The number of hydrogen-bond donors (Lipinski definition) is 1. The van der Waals surface area contributed by atoms with Gasteiger partial charge in [0.2, 0.25) is 5.91 Å². The maximum absolute atomic E-state index is 13.2. The number of hydrogen-bond acceptors (Lipinski definition) is 3. The molecule has 3 rings (SSSR count). The molecule has 29 heavy (non-hydrogen) atoms. The van der Waals surface area contributed by atoms with Crippen LogP contribution in [-0.4, -0.2) is 60.4 Å². The van der Waals surface area contributed by atoms with E-state index in [4.69, 9.17) is 0 Å². The van der Waals surface area contributed by atoms with Gasteiger partial charge in [0, 0.05) is 31.7 Å². The fraction of sp³-hybridized carbons (Fsp3) is 0.667. The van der Waals surface area contributed by atoms with Crippen molar-refractivity contribution >= 4 is 11.8 Å². The molecule has 1 N–H and O–H groups in total. The lowest BCUT2D eigenvalue weighted by Crippen LogP contribution is -2.52. The third-order valence-corrected chi connectivity index (χ3v) is 6.40. The second kappa shape index (κ2) is 10.8. The molecule has 5 nitrogen and oxygen atoms in total. The second-order valence-corrected chi connectivity index (χ2v) is 9.04. The van der Waals surface area contributed by atoms with Crippen molar-refractivity contribution in [3.05, 3.63) is 35.9 Å². The minimum absolute atomic E-state index is 0.0526. The van der Waals surface area contributed by atoms with Crippen LogP contribution in [0.1, 0.15) is 62.7 Å². The van der Waals surface area contributed by atoms with Crippen molar-refractivity contribution in [3.8, 4) is 0 Å². The molecular formula is C24H37N3O2. The van der Waals surface area contributed by atoms with Crippen LogP contribution in [0, 0.1) is 11.8 Å². The van der Waals surface area contributed by atoms with Crippen LogP contribution in [0.25, 0.3) is 0 Å². The molecule has 160 valence electrons. The van der Waals surface area contributed by atoms with Crippen LogP contribution in [-0.2, 0) is 4.79 Å². The van der Waals surface area contributed by atoms with Gasteiger partial charge >= 0.3 is 0 Å². The SMILES string of the molecule is CC(C)C(NC(=O)c1ccccc1)C(=O)N1CCCN(CC2CCCCC2)CC1. The molecule has 1 atom stereocenters. The first kappa shape index (κ1) is 21.8. The third kappa shape index (κ3) is 6.30. The molecular weight excluding hydrogens is 362 g/mol. The van der Waals surface area contributed by atoms with E-state index in [1.54, 1.807) is 12.1 Å². The van der Waals surface area contributed by atoms with E-state index in [0.29, 0.717) is 5.56 Å². The monoisotopic (exact) mass is 399 g/mol. The Labute approximate surface area is 175 Å². The van der Waals surface area contributed by atoms with E-state index >= 15 is 0 Å². The summed E-state index contributed by atoms with van der Waals surface area (Å²) in [5, 5.41) is 2.98. The minimum atomic E-state index is -0.479. The lowest BCUT2D eigenvalue weighted by Gasteiger charge is -2.30. The molecule has 0 spiro atoms. The van der Waals surface area contributed by atoms with Gasteiger partial charge in [0.25, 0.3) is 5.91 Å². The summed E-state index contributed by atoms with van der Waals surface area (Å²) in [6.07, 6.45) is 7.88. The fourth-order valence-corrected chi connectivity index (χ4v) is 4.63. The highest BCUT2D eigenvalue weighted by molar-refractivity contribution is 5.97. The Morgan fingerprint density at radius 1 is 0.966 bits per heavy atom. The molecule has 2 fully saturated rings. The average Bonchev–Trinajstić information content (AvgIpc) is 2.98. The molecule has 1 unspecified atom stereocenters. The van der Waals surface area contributed by atoms with Crippen molar-refractivity contribution in [2.45, 2.75) is 58.4 Å². The van der Waals surface area contributed by atoms with Crippen LogP contribution >= 0.6 is 0 Å². The average molecular weight is 400 g/mol. The molecule has 2 aliphatic rings. The molecule has 1 heterocycles. The van der Waals surface area contributed by atoms with Crippen LogP contribution < -0.4 is 5.32 Å². The summed E-state index contributed by atoms with van der Waals surface area (Å²) >= 11 is 0. The van der Waals surface area contributed by atoms with Gasteiger partial charge in [-0.3, -0.25) is 9.59 Å². The topological polar surface area (TPSA) is 52.7 Å². The van der Waals surface area contributed by atoms with Crippen LogP contribution in [0.15, 0.2) is 30.3 Å². The summed E-state index contributed by atoms with van der Waals surface area (Å²) in [6.45, 7) is 8.74. The number of benzene rings is 1. The molecule has 1 aliphatic carbocycles.